The molecular formula is C43H50O6. The summed E-state index contributed by atoms with van der Waals surface area (Å²) in [5.74, 6) is 2.31. The van der Waals surface area contributed by atoms with Crippen molar-refractivity contribution in [3.8, 4) is 11.5 Å². The molecule has 258 valence electrons. The van der Waals surface area contributed by atoms with Crippen LogP contribution in [0.1, 0.15) is 102 Å². The van der Waals surface area contributed by atoms with Crippen LogP contribution in [0.25, 0.3) is 0 Å². The van der Waals surface area contributed by atoms with Gasteiger partial charge in [0.2, 0.25) is 0 Å². The molecule has 0 bridgehead atoms. The molecule has 0 aliphatic heterocycles. The number of para-hydroxylation sites is 1. The normalized spacial score (nSPS) is 14.4. The summed E-state index contributed by atoms with van der Waals surface area (Å²) in [5, 5.41) is 0. The number of fused-ring (bicyclic) bond motifs is 1. The Morgan fingerprint density at radius 3 is 2.27 bits per heavy atom. The molecule has 2 unspecified atom stereocenters. The van der Waals surface area contributed by atoms with E-state index in [-0.39, 0.29) is 11.9 Å². The number of aryl methyl sites for hydroxylation is 2. The fourth-order valence-corrected chi connectivity index (χ4v) is 7.04. The standard InChI is InChI=1S/C43H50O6/c1-46-42(44)20-9-4-3-8-15-34(39-18-12-17-36-29-37(43(45)47-2)25-28-40(36)39)23-24-35-16-10-11-19-41(35)49-31-33-21-26-38(27-22-33)48-30-32-13-6-5-7-14-32/h5-7,10-11,13-14,16,19,21-22,25-29,34,39H,3-4,8-9,12,15,17-18,20,23-24,30-31H2,1-2H3. The van der Waals surface area contributed by atoms with Gasteiger partial charge in [-0.25, -0.2) is 4.79 Å². The Morgan fingerprint density at radius 1 is 0.735 bits per heavy atom. The lowest BCUT2D eigenvalue weighted by molar-refractivity contribution is -0.140. The SMILES string of the molecule is COC(=O)CCCCCCC(CCc1ccccc1OCc1ccc(OCc2ccccc2)cc1)C1CCCc2cc(C(=O)OC)ccc21. The minimum Gasteiger partial charge on any atom is -0.489 e. The fraction of sp³-hybridized carbons (Fsp3) is 0.395. The second-order valence-corrected chi connectivity index (χ2v) is 13.0. The summed E-state index contributed by atoms with van der Waals surface area (Å²) in [6.45, 7) is 1.03. The summed E-state index contributed by atoms with van der Waals surface area (Å²) in [5.41, 5.74) is 6.76. The summed E-state index contributed by atoms with van der Waals surface area (Å²) in [6.07, 6.45) is 11.0. The highest BCUT2D eigenvalue weighted by Gasteiger charge is 2.28. The second kappa shape index (κ2) is 18.8. The van der Waals surface area contributed by atoms with E-state index < -0.39 is 0 Å². The molecule has 4 aromatic rings. The molecule has 2 atom stereocenters. The van der Waals surface area contributed by atoms with Gasteiger partial charge >= 0.3 is 11.9 Å². The smallest absolute Gasteiger partial charge is 0.337 e. The van der Waals surface area contributed by atoms with Crippen LogP contribution in [0, 0.1) is 5.92 Å². The van der Waals surface area contributed by atoms with E-state index in [9.17, 15) is 9.59 Å². The number of hydrogen-bond donors (Lipinski definition) is 0. The van der Waals surface area contributed by atoms with E-state index >= 15 is 0 Å². The first-order chi connectivity index (χ1) is 24.0. The topological polar surface area (TPSA) is 71.1 Å². The van der Waals surface area contributed by atoms with Crippen molar-refractivity contribution in [2.45, 2.75) is 89.8 Å². The molecule has 49 heavy (non-hydrogen) atoms. The van der Waals surface area contributed by atoms with Crippen LogP contribution in [0.2, 0.25) is 0 Å². The number of carbonyl (C=O) groups is 2. The van der Waals surface area contributed by atoms with E-state index in [0.29, 0.717) is 37.0 Å². The third-order valence-corrected chi connectivity index (χ3v) is 9.75. The number of esters is 2. The summed E-state index contributed by atoms with van der Waals surface area (Å²) in [4.78, 5) is 23.8. The van der Waals surface area contributed by atoms with Crippen molar-refractivity contribution in [2.75, 3.05) is 14.2 Å². The molecule has 1 aliphatic carbocycles. The van der Waals surface area contributed by atoms with Crippen molar-refractivity contribution >= 4 is 11.9 Å². The molecule has 1 aliphatic rings. The van der Waals surface area contributed by atoms with E-state index in [4.69, 9.17) is 18.9 Å². The van der Waals surface area contributed by atoms with E-state index in [0.717, 1.165) is 86.8 Å². The summed E-state index contributed by atoms with van der Waals surface area (Å²) >= 11 is 0. The molecule has 0 radical (unpaired) electrons. The van der Waals surface area contributed by atoms with Crippen molar-refractivity contribution in [3.05, 3.63) is 130 Å². The van der Waals surface area contributed by atoms with Gasteiger partial charge in [0.15, 0.2) is 0 Å². The zero-order valence-electron chi connectivity index (χ0n) is 29.0. The van der Waals surface area contributed by atoms with Crippen molar-refractivity contribution in [1.82, 2.24) is 0 Å². The molecule has 0 fully saturated rings. The Labute approximate surface area is 291 Å². The molecule has 0 saturated carbocycles. The first kappa shape index (κ1) is 35.7. The second-order valence-electron chi connectivity index (χ2n) is 13.0. The van der Waals surface area contributed by atoms with Crippen LogP contribution in [-0.2, 0) is 40.3 Å². The molecule has 6 heteroatoms. The Hall–Kier alpha value is -4.58. The van der Waals surface area contributed by atoms with Gasteiger partial charge in [-0.3, -0.25) is 4.79 Å². The van der Waals surface area contributed by atoms with Gasteiger partial charge in [0, 0.05) is 6.42 Å². The molecule has 0 heterocycles. The van der Waals surface area contributed by atoms with Gasteiger partial charge < -0.3 is 18.9 Å². The third-order valence-electron chi connectivity index (χ3n) is 9.75. The van der Waals surface area contributed by atoms with Crippen LogP contribution in [0.4, 0.5) is 0 Å². The van der Waals surface area contributed by atoms with E-state index in [1.807, 2.05) is 48.5 Å². The van der Waals surface area contributed by atoms with Crippen molar-refractivity contribution in [3.63, 3.8) is 0 Å². The largest absolute Gasteiger partial charge is 0.489 e. The maximum Gasteiger partial charge on any atom is 0.337 e. The van der Waals surface area contributed by atoms with Gasteiger partial charge in [-0.1, -0.05) is 86.0 Å². The number of carbonyl (C=O) groups excluding carboxylic acids is 2. The Bertz CT molecular complexity index is 1610. The molecular weight excluding hydrogens is 612 g/mol. The third kappa shape index (κ3) is 10.7. The molecule has 6 nitrogen and oxygen atoms in total. The lowest BCUT2D eigenvalue weighted by atomic mass is 9.72. The summed E-state index contributed by atoms with van der Waals surface area (Å²) in [7, 11) is 2.89. The average Bonchev–Trinajstić information content (AvgIpc) is 3.16. The number of rotatable bonds is 18. The highest BCUT2D eigenvalue weighted by atomic mass is 16.5. The molecule has 0 saturated heterocycles. The molecule has 0 N–H and O–H groups in total. The summed E-state index contributed by atoms with van der Waals surface area (Å²) < 4.78 is 22.2. The Balaban J connectivity index is 1.22. The molecule has 4 aromatic carbocycles. The van der Waals surface area contributed by atoms with Crippen LogP contribution in [-0.4, -0.2) is 26.2 Å². The fourth-order valence-electron chi connectivity index (χ4n) is 7.04. The lowest BCUT2D eigenvalue weighted by Gasteiger charge is -2.33. The van der Waals surface area contributed by atoms with E-state index in [1.54, 1.807) is 0 Å². The van der Waals surface area contributed by atoms with Gasteiger partial charge in [-0.15, -0.1) is 0 Å². The minimum absolute atomic E-state index is 0.131. The van der Waals surface area contributed by atoms with Crippen LogP contribution in [0.15, 0.2) is 97.1 Å². The number of ether oxygens (including phenoxy) is 4. The first-order valence-corrected chi connectivity index (χ1v) is 17.8. The van der Waals surface area contributed by atoms with Crippen molar-refractivity contribution in [2.24, 2.45) is 5.92 Å². The quantitative estimate of drug-likeness (QED) is 0.0780. The maximum atomic E-state index is 12.3. The molecule has 5 rings (SSSR count). The molecule has 0 amide bonds. The lowest BCUT2D eigenvalue weighted by Crippen LogP contribution is -2.20. The van der Waals surface area contributed by atoms with Gasteiger partial charge in [0.25, 0.3) is 0 Å². The number of methoxy groups -OCH3 is 2. The Kier molecular flexibility index (Phi) is 13.7. The van der Waals surface area contributed by atoms with Crippen LogP contribution in [0.5, 0.6) is 11.5 Å². The Morgan fingerprint density at radius 2 is 1.47 bits per heavy atom. The van der Waals surface area contributed by atoms with Crippen LogP contribution in [0.3, 0.4) is 0 Å². The molecule has 0 spiro atoms. The summed E-state index contributed by atoms with van der Waals surface area (Å²) in [6, 6.07) is 32.9. The first-order valence-electron chi connectivity index (χ1n) is 17.8. The average molecular weight is 663 g/mol. The highest BCUT2D eigenvalue weighted by molar-refractivity contribution is 5.89. The predicted octanol–water partition coefficient (Wildman–Crippen LogP) is 9.81. The van der Waals surface area contributed by atoms with Gasteiger partial charge in [-0.2, -0.15) is 0 Å². The highest BCUT2D eigenvalue weighted by Crippen LogP contribution is 2.42. The van der Waals surface area contributed by atoms with Gasteiger partial charge in [0.1, 0.15) is 24.7 Å². The maximum absolute atomic E-state index is 12.3. The minimum atomic E-state index is -0.280. The van der Waals surface area contributed by atoms with E-state index in [1.165, 1.54) is 30.9 Å². The van der Waals surface area contributed by atoms with E-state index in [2.05, 4.69) is 48.5 Å². The van der Waals surface area contributed by atoms with Crippen LogP contribution >= 0.6 is 0 Å². The number of unbranched alkanes of at least 4 members (excludes halogenated alkanes) is 3. The van der Waals surface area contributed by atoms with Gasteiger partial charge in [-0.05, 0) is 115 Å². The zero-order chi connectivity index (χ0) is 34.3. The van der Waals surface area contributed by atoms with Crippen molar-refractivity contribution in [1.29, 1.82) is 0 Å². The number of benzene rings is 4. The zero-order valence-corrected chi connectivity index (χ0v) is 29.0. The van der Waals surface area contributed by atoms with Crippen molar-refractivity contribution < 1.29 is 28.5 Å². The molecule has 0 aromatic heterocycles. The van der Waals surface area contributed by atoms with Crippen LogP contribution < -0.4 is 9.47 Å². The predicted molar refractivity (Wildman–Crippen MR) is 193 cm³/mol. The van der Waals surface area contributed by atoms with Gasteiger partial charge in [0.05, 0.1) is 19.8 Å². The number of hydrogen-bond acceptors (Lipinski definition) is 6. The monoisotopic (exact) mass is 662 g/mol.